The first-order valence-corrected chi connectivity index (χ1v) is 10.1. The number of nitrogens with zero attached hydrogens (tertiary/aromatic N) is 6. The molecule has 1 aliphatic carbocycles. The molecule has 0 N–H and O–H groups in total. The van der Waals surface area contributed by atoms with E-state index in [1.54, 1.807) is 12.1 Å². The molecule has 2 heterocycles. The third kappa shape index (κ3) is 3.70. The number of hydrogen-bond donors (Lipinski definition) is 0. The molecule has 0 atom stereocenters. The number of hydrogen-bond acceptors (Lipinski definition) is 7. The van der Waals surface area contributed by atoms with Gasteiger partial charge in [-0.3, -0.25) is 9.69 Å². The fourth-order valence-electron chi connectivity index (χ4n) is 3.26. The van der Waals surface area contributed by atoms with E-state index in [0.29, 0.717) is 41.9 Å². The van der Waals surface area contributed by atoms with Crippen molar-refractivity contribution < 1.29 is 4.42 Å². The van der Waals surface area contributed by atoms with Crippen LogP contribution in [0, 0.1) is 0 Å². The minimum atomic E-state index is -0.152. The predicted molar refractivity (Wildman–Crippen MR) is 110 cm³/mol. The van der Waals surface area contributed by atoms with Crippen molar-refractivity contribution in [3.05, 3.63) is 69.2 Å². The van der Waals surface area contributed by atoms with Crippen LogP contribution in [0.5, 0.6) is 0 Å². The molecule has 0 unspecified atom stereocenters. The molecule has 1 aliphatic rings. The van der Waals surface area contributed by atoms with Crippen molar-refractivity contribution >= 4 is 26.8 Å². The summed E-state index contributed by atoms with van der Waals surface area (Å²) >= 11 is 3.51. The number of rotatable bonds is 6. The van der Waals surface area contributed by atoms with Crippen molar-refractivity contribution in [2.45, 2.75) is 32.1 Å². The fourth-order valence-corrected chi connectivity index (χ4v) is 3.71. The van der Waals surface area contributed by atoms with Crippen molar-refractivity contribution in [1.29, 1.82) is 0 Å². The summed E-state index contributed by atoms with van der Waals surface area (Å²) in [5.41, 5.74) is 1.29. The minimum Gasteiger partial charge on any atom is -0.419 e. The number of halogens is 1. The Morgan fingerprint density at radius 1 is 1.07 bits per heavy atom. The van der Waals surface area contributed by atoms with Crippen LogP contribution in [0.3, 0.4) is 0 Å². The molecule has 1 saturated carbocycles. The molecule has 0 amide bonds. The van der Waals surface area contributed by atoms with Gasteiger partial charge in [-0.05, 0) is 53.0 Å². The molecule has 9 heteroatoms. The zero-order chi connectivity index (χ0) is 19.8. The molecule has 4 aromatic rings. The van der Waals surface area contributed by atoms with Gasteiger partial charge in [0.15, 0.2) is 0 Å². The first-order valence-electron chi connectivity index (χ1n) is 9.33. The van der Waals surface area contributed by atoms with Gasteiger partial charge in [0, 0.05) is 10.5 Å². The summed E-state index contributed by atoms with van der Waals surface area (Å²) in [4.78, 5) is 14.9. The molecule has 146 valence electrons. The predicted octanol–water partition coefficient (Wildman–Crippen LogP) is 3.23. The molecular formula is C20H17BrN6O2. The van der Waals surface area contributed by atoms with Crippen LogP contribution in [0.1, 0.15) is 18.7 Å². The first kappa shape index (κ1) is 18.1. The lowest BCUT2D eigenvalue weighted by Crippen LogP contribution is -2.35. The summed E-state index contributed by atoms with van der Waals surface area (Å²) in [6.07, 6.45) is 2.14. The van der Waals surface area contributed by atoms with Crippen molar-refractivity contribution in [3.63, 3.8) is 0 Å². The van der Waals surface area contributed by atoms with Crippen LogP contribution in [0.4, 0.5) is 0 Å². The lowest BCUT2D eigenvalue weighted by Gasteiger charge is -2.20. The van der Waals surface area contributed by atoms with Crippen LogP contribution in [-0.2, 0) is 13.2 Å². The van der Waals surface area contributed by atoms with E-state index >= 15 is 0 Å². The quantitative estimate of drug-likeness (QED) is 0.443. The average Bonchev–Trinajstić information content (AvgIpc) is 3.49. The summed E-state index contributed by atoms with van der Waals surface area (Å²) < 4.78 is 8.17. The Morgan fingerprint density at radius 2 is 1.86 bits per heavy atom. The Balaban J connectivity index is 1.39. The SMILES string of the molecule is O=c1c2ccccc2nnn1CN(Cc1nnc(-c2ccccc2Br)o1)C1CC1. The van der Waals surface area contributed by atoms with Crippen LogP contribution in [0.15, 0.2) is 62.2 Å². The van der Waals surface area contributed by atoms with Crippen LogP contribution in [0.25, 0.3) is 22.4 Å². The molecule has 2 aromatic heterocycles. The van der Waals surface area contributed by atoms with Crippen molar-refractivity contribution in [3.8, 4) is 11.5 Å². The second-order valence-electron chi connectivity index (χ2n) is 7.01. The third-order valence-electron chi connectivity index (χ3n) is 4.92. The van der Waals surface area contributed by atoms with Gasteiger partial charge in [0.05, 0.1) is 24.2 Å². The lowest BCUT2D eigenvalue weighted by atomic mass is 10.2. The zero-order valence-corrected chi connectivity index (χ0v) is 17.0. The lowest BCUT2D eigenvalue weighted by molar-refractivity contribution is 0.165. The number of benzene rings is 2. The number of aromatic nitrogens is 5. The highest BCUT2D eigenvalue weighted by atomic mass is 79.9. The van der Waals surface area contributed by atoms with E-state index < -0.39 is 0 Å². The summed E-state index contributed by atoms with van der Waals surface area (Å²) in [5.74, 6) is 0.968. The molecule has 1 fully saturated rings. The van der Waals surface area contributed by atoms with E-state index in [-0.39, 0.29) is 5.56 Å². The topological polar surface area (TPSA) is 89.9 Å². The highest BCUT2D eigenvalue weighted by molar-refractivity contribution is 9.10. The van der Waals surface area contributed by atoms with Gasteiger partial charge in [-0.25, -0.2) is 0 Å². The Hall–Kier alpha value is -2.91. The van der Waals surface area contributed by atoms with Crippen LogP contribution < -0.4 is 5.56 Å². The molecule has 0 aliphatic heterocycles. The minimum absolute atomic E-state index is 0.152. The molecule has 2 aromatic carbocycles. The number of fused-ring (bicyclic) bond motifs is 1. The van der Waals surface area contributed by atoms with Crippen molar-refractivity contribution in [2.75, 3.05) is 0 Å². The van der Waals surface area contributed by atoms with Gasteiger partial charge in [-0.15, -0.1) is 15.3 Å². The van der Waals surface area contributed by atoms with Gasteiger partial charge in [0.25, 0.3) is 5.56 Å². The molecule has 0 spiro atoms. The van der Waals surface area contributed by atoms with E-state index in [0.717, 1.165) is 22.9 Å². The monoisotopic (exact) mass is 452 g/mol. The maximum absolute atomic E-state index is 12.8. The summed E-state index contributed by atoms with van der Waals surface area (Å²) in [6, 6.07) is 15.3. The van der Waals surface area contributed by atoms with E-state index in [1.807, 2.05) is 36.4 Å². The Kier molecular flexibility index (Phi) is 4.69. The largest absolute Gasteiger partial charge is 0.419 e. The Labute approximate surface area is 174 Å². The molecule has 0 saturated heterocycles. The van der Waals surface area contributed by atoms with Gasteiger partial charge in [0.2, 0.25) is 11.8 Å². The second-order valence-corrected chi connectivity index (χ2v) is 7.87. The zero-order valence-electron chi connectivity index (χ0n) is 15.4. The molecule has 0 bridgehead atoms. The second kappa shape index (κ2) is 7.49. The van der Waals surface area contributed by atoms with Gasteiger partial charge in [0.1, 0.15) is 5.52 Å². The molecule has 5 rings (SSSR count). The van der Waals surface area contributed by atoms with Crippen LogP contribution in [0.2, 0.25) is 0 Å². The van der Waals surface area contributed by atoms with Crippen LogP contribution in [-0.4, -0.2) is 36.1 Å². The fraction of sp³-hybridized carbons (Fsp3) is 0.250. The summed E-state index contributed by atoms with van der Waals surface area (Å²) in [5, 5.41) is 17.2. The molecule has 29 heavy (non-hydrogen) atoms. The maximum atomic E-state index is 12.8. The van der Waals surface area contributed by atoms with Crippen LogP contribution >= 0.6 is 15.9 Å². The smallest absolute Gasteiger partial charge is 0.278 e. The maximum Gasteiger partial charge on any atom is 0.278 e. The van der Waals surface area contributed by atoms with Gasteiger partial charge >= 0.3 is 0 Å². The molecular weight excluding hydrogens is 436 g/mol. The highest BCUT2D eigenvalue weighted by Crippen LogP contribution is 2.30. The highest BCUT2D eigenvalue weighted by Gasteiger charge is 2.31. The van der Waals surface area contributed by atoms with Gasteiger partial charge < -0.3 is 4.42 Å². The third-order valence-corrected chi connectivity index (χ3v) is 5.61. The first-order chi connectivity index (χ1) is 14.2. The Morgan fingerprint density at radius 3 is 2.69 bits per heavy atom. The van der Waals surface area contributed by atoms with E-state index in [1.165, 1.54) is 4.68 Å². The molecule has 8 nitrogen and oxygen atoms in total. The van der Waals surface area contributed by atoms with Crippen molar-refractivity contribution in [1.82, 2.24) is 30.1 Å². The summed E-state index contributed by atoms with van der Waals surface area (Å²) in [6.45, 7) is 0.775. The normalized spacial score (nSPS) is 14.0. The standard InChI is InChI=1S/C20H17BrN6O2/c21-16-7-3-1-5-14(16)19-24-23-18(29-19)11-26(13-9-10-13)12-27-20(28)15-6-2-4-8-17(15)22-25-27/h1-8,13H,9-12H2. The van der Waals surface area contributed by atoms with E-state index in [2.05, 4.69) is 41.3 Å². The Bertz CT molecular complexity index is 1230. The molecule has 0 radical (unpaired) electrons. The van der Waals surface area contributed by atoms with E-state index in [9.17, 15) is 4.79 Å². The van der Waals surface area contributed by atoms with Crippen molar-refractivity contribution in [2.24, 2.45) is 0 Å². The van der Waals surface area contributed by atoms with E-state index in [4.69, 9.17) is 4.42 Å². The van der Waals surface area contributed by atoms with Gasteiger partial charge in [-0.2, -0.15) is 4.68 Å². The average molecular weight is 453 g/mol. The summed E-state index contributed by atoms with van der Waals surface area (Å²) in [7, 11) is 0. The van der Waals surface area contributed by atoms with Gasteiger partial charge in [-0.1, -0.05) is 29.5 Å².